The van der Waals surface area contributed by atoms with Crippen molar-refractivity contribution in [1.82, 2.24) is 5.16 Å². The van der Waals surface area contributed by atoms with Crippen molar-refractivity contribution in [3.05, 3.63) is 70.6 Å². The highest BCUT2D eigenvalue weighted by atomic mass is 35.5. The fraction of sp³-hybridized carbons (Fsp3) is 0.158. The molecule has 0 radical (unpaired) electrons. The van der Waals surface area contributed by atoms with E-state index in [2.05, 4.69) is 10.5 Å². The van der Waals surface area contributed by atoms with E-state index in [-0.39, 0.29) is 12.3 Å². The van der Waals surface area contributed by atoms with Gasteiger partial charge in [0.25, 0.3) is 5.91 Å². The number of aryl methyl sites for hydroxylation is 1. The fourth-order valence-electron chi connectivity index (χ4n) is 2.36. The van der Waals surface area contributed by atoms with Crippen LogP contribution in [0.4, 0.5) is 5.69 Å². The van der Waals surface area contributed by atoms with Crippen LogP contribution in [0.5, 0.6) is 11.5 Å². The van der Waals surface area contributed by atoms with Crippen LogP contribution in [0.2, 0.25) is 5.02 Å². The Kier molecular flexibility index (Phi) is 5.43. The maximum atomic E-state index is 12.6. The average Bonchev–Trinajstić information content (AvgIpc) is 3.02. The summed E-state index contributed by atoms with van der Waals surface area (Å²) in [4.78, 5) is 12.6. The minimum Gasteiger partial charge on any atom is -0.495 e. The Balaban J connectivity index is 1.76. The molecule has 0 unspecified atom stereocenters. The van der Waals surface area contributed by atoms with Crippen LogP contribution < -0.4 is 14.8 Å². The number of methoxy groups -OCH3 is 1. The van der Waals surface area contributed by atoms with Gasteiger partial charge in [0.05, 0.1) is 18.4 Å². The van der Waals surface area contributed by atoms with Gasteiger partial charge in [0.15, 0.2) is 5.69 Å². The second kappa shape index (κ2) is 7.93. The summed E-state index contributed by atoms with van der Waals surface area (Å²) in [5, 5.41) is 7.26. The number of amides is 1. The normalized spacial score (nSPS) is 10.4. The fourth-order valence-corrected chi connectivity index (χ4v) is 2.48. The van der Waals surface area contributed by atoms with Gasteiger partial charge in [-0.1, -0.05) is 28.9 Å². The quantitative estimate of drug-likeness (QED) is 0.690. The van der Waals surface area contributed by atoms with E-state index in [0.717, 1.165) is 0 Å². The summed E-state index contributed by atoms with van der Waals surface area (Å²) in [6, 6.07) is 14.1. The lowest BCUT2D eigenvalue weighted by molar-refractivity contribution is 0.101. The van der Waals surface area contributed by atoms with Gasteiger partial charge >= 0.3 is 0 Å². The molecule has 0 bridgehead atoms. The number of anilines is 1. The number of aromatic nitrogens is 1. The van der Waals surface area contributed by atoms with Crippen molar-refractivity contribution in [3.63, 3.8) is 0 Å². The van der Waals surface area contributed by atoms with Crippen LogP contribution in [0.15, 0.2) is 53.1 Å². The first-order chi connectivity index (χ1) is 12.6. The van der Waals surface area contributed by atoms with Gasteiger partial charge in [-0.25, -0.2) is 0 Å². The molecule has 0 saturated carbocycles. The van der Waals surface area contributed by atoms with Crippen molar-refractivity contribution >= 4 is 23.2 Å². The molecule has 134 valence electrons. The summed E-state index contributed by atoms with van der Waals surface area (Å²) < 4.78 is 16.1. The highest BCUT2D eigenvalue weighted by Crippen LogP contribution is 2.25. The Bertz CT molecular complexity index is 906. The number of ether oxygens (including phenoxy) is 2. The highest BCUT2D eigenvalue weighted by molar-refractivity contribution is 6.30. The Morgan fingerprint density at radius 1 is 1.19 bits per heavy atom. The molecule has 0 saturated heterocycles. The summed E-state index contributed by atoms with van der Waals surface area (Å²) in [7, 11) is 1.54. The van der Waals surface area contributed by atoms with Gasteiger partial charge in [-0.2, -0.15) is 0 Å². The molecule has 0 aliphatic carbocycles. The third-order valence-corrected chi connectivity index (χ3v) is 4.00. The Labute approximate surface area is 155 Å². The van der Waals surface area contributed by atoms with Crippen molar-refractivity contribution in [3.8, 4) is 11.5 Å². The van der Waals surface area contributed by atoms with E-state index >= 15 is 0 Å². The van der Waals surface area contributed by atoms with Gasteiger partial charge in [0.1, 0.15) is 23.9 Å². The van der Waals surface area contributed by atoms with Crippen LogP contribution in [0.25, 0.3) is 0 Å². The number of rotatable bonds is 6. The summed E-state index contributed by atoms with van der Waals surface area (Å²) in [6.07, 6.45) is 0. The molecule has 26 heavy (non-hydrogen) atoms. The van der Waals surface area contributed by atoms with E-state index in [4.69, 9.17) is 25.6 Å². The van der Waals surface area contributed by atoms with Gasteiger partial charge in [-0.3, -0.25) is 4.79 Å². The first kappa shape index (κ1) is 17.8. The molecule has 0 aliphatic heterocycles. The summed E-state index contributed by atoms with van der Waals surface area (Å²) in [5.74, 6) is 1.30. The van der Waals surface area contributed by atoms with Crippen LogP contribution in [0.3, 0.4) is 0 Å². The summed E-state index contributed by atoms with van der Waals surface area (Å²) in [6.45, 7) is 1.87. The molecule has 0 spiro atoms. The van der Waals surface area contributed by atoms with E-state index in [1.54, 1.807) is 49.4 Å². The molecule has 2 aromatic carbocycles. The van der Waals surface area contributed by atoms with Crippen molar-refractivity contribution in [2.75, 3.05) is 12.4 Å². The lowest BCUT2D eigenvalue weighted by Gasteiger charge is -2.10. The van der Waals surface area contributed by atoms with Crippen molar-refractivity contribution < 1.29 is 18.8 Å². The minimum absolute atomic E-state index is 0.144. The number of benzene rings is 2. The van der Waals surface area contributed by atoms with Crippen LogP contribution >= 0.6 is 11.6 Å². The number of hydrogen-bond donors (Lipinski definition) is 1. The monoisotopic (exact) mass is 372 g/mol. The molecule has 7 heteroatoms. The van der Waals surface area contributed by atoms with E-state index in [1.807, 2.05) is 6.07 Å². The smallest absolute Gasteiger partial charge is 0.278 e. The van der Waals surface area contributed by atoms with Gasteiger partial charge in [0.2, 0.25) is 0 Å². The lowest BCUT2D eigenvalue weighted by Crippen LogP contribution is -2.16. The molecule has 1 N–H and O–H groups in total. The van der Waals surface area contributed by atoms with Crippen molar-refractivity contribution in [2.45, 2.75) is 13.5 Å². The minimum atomic E-state index is -0.402. The van der Waals surface area contributed by atoms with Gasteiger partial charge in [-0.05, 0) is 43.3 Å². The van der Waals surface area contributed by atoms with E-state index in [1.165, 1.54) is 7.11 Å². The second-order valence-corrected chi connectivity index (χ2v) is 5.90. The standard InChI is InChI=1S/C19H17ClN2O4/c1-12-15(11-25-14-9-7-13(20)8-10-14)18(22-26-12)19(23)21-16-5-3-4-6-17(16)24-2/h3-10H,11H2,1-2H3,(H,21,23). The van der Waals surface area contributed by atoms with Crippen LogP contribution in [0, 0.1) is 6.92 Å². The maximum absolute atomic E-state index is 12.6. The zero-order valence-corrected chi connectivity index (χ0v) is 15.0. The Morgan fingerprint density at radius 2 is 1.92 bits per heavy atom. The van der Waals surface area contributed by atoms with Crippen LogP contribution in [0.1, 0.15) is 21.8 Å². The molecular weight excluding hydrogens is 356 g/mol. The predicted molar refractivity (Wildman–Crippen MR) is 98.0 cm³/mol. The summed E-state index contributed by atoms with van der Waals surface area (Å²) >= 11 is 5.86. The number of halogens is 1. The third-order valence-electron chi connectivity index (χ3n) is 3.75. The molecule has 1 heterocycles. The number of hydrogen-bond acceptors (Lipinski definition) is 5. The lowest BCUT2D eigenvalue weighted by atomic mass is 10.2. The van der Waals surface area contributed by atoms with E-state index in [9.17, 15) is 4.79 Å². The SMILES string of the molecule is COc1ccccc1NC(=O)c1noc(C)c1COc1ccc(Cl)cc1. The van der Waals surface area contributed by atoms with Crippen LogP contribution in [-0.2, 0) is 6.61 Å². The average molecular weight is 373 g/mol. The molecule has 6 nitrogen and oxygen atoms in total. The van der Waals surface area contributed by atoms with Crippen molar-refractivity contribution in [2.24, 2.45) is 0 Å². The first-order valence-electron chi connectivity index (χ1n) is 7.86. The third kappa shape index (κ3) is 3.97. The molecule has 0 fully saturated rings. The number of carbonyl (C=O) groups is 1. The number of para-hydroxylation sites is 2. The van der Waals surface area contributed by atoms with E-state index < -0.39 is 5.91 Å². The highest BCUT2D eigenvalue weighted by Gasteiger charge is 2.21. The number of carbonyl (C=O) groups excluding carboxylic acids is 1. The predicted octanol–water partition coefficient (Wildman–Crippen LogP) is 4.48. The van der Waals surface area contributed by atoms with Gasteiger partial charge in [0, 0.05) is 5.02 Å². The molecule has 1 amide bonds. The molecular formula is C19H17ClN2O4. The zero-order valence-electron chi connectivity index (χ0n) is 14.3. The molecule has 1 aromatic heterocycles. The Morgan fingerprint density at radius 3 is 2.65 bits per heavy atom. The van der Waals surface area contributed by atoms with Gasteiger partial charge in [-0.15, -0.1) is 0 Å². The number of nitrogens with zero attached hydrogens (tertiary/aromatic N) is 1. The zero-order chi connectivity index (χ0) is 18.5. The summed E-state index contributed by atoms with van der Waals surface area (Å²) in [5.41, 5.74) is 1.29. The van der Waals surface area contributed by atoms with Crippen LogP contribution in [-0.4, -0.2) is 18.2 Å². The molecule has 3 rings (SSSR count). The number of nitrogens with one attached hydrogen (secondary N) is 1. The van der Waals surface area contributed by atoms with Crippen molar-refractivity contribution in [1.29, 1.82) is 0 Å². The maximum Gasteiger partial charge on any atom is 0.278 e. The largest absolute Gasteiger partial charge is 0.495 e. The molecule has 0 aliphatic rings. The second-order valence-electron chi connectivity index (χ2n) is 5.46. The van der Waals surface area contributed by atoms with Gasteiger partial charge < -0.3 is 19.3 Å². The first-order valence-corrected chi connectivity index (χ1v) is 8.24. The molecule has 3 aromatic rings. The molecule has 0 atom stereocenters. The topological polar surface area (TPSA) is 73.6 Å². The van der Waals surface area contributed by atoms with E-state index in [0.29, 0.717) is 33.5 Å². The Hall–Kier alpha value is -2.99.